The van der Waals surface area contributed by atoms with E-state index in [0.717, 1.165) is 6.42 Å². The predicted octanol–water partition coefficient (Wildman–Crippen LogP) is 3.93. The molecule has 2 bridgehead atoms. The van der Waals surface area contributed by atoms with E-state index in [9.17, 15) is 31.4 Å². The van der Waals surface area contributed by atoms with E-state index in [2.05, 4.69) is 0 Å². The summed E-state index contributed by atoms with van der Waals surface area (Å²) in [5, 5.41) is 9.33. The first-order valence-corrected chi connectivity index (χ1v) is 7.32. The molecule has 0 amide bonds. The molecular weight excluding hydrogens is 314 g/mol. The number of alkyl halides is 6. The molecule has 0 spiro atoms. The molecule has 22 heavy (non-hydrogen) atoms. The van der Waals surface area contributed by atoms with Crippen molar-refractivity contribution in [2.24, 2.45) is 23.7 Å². The Morgan fingerprint density at radius 2 is 1.45 bits per heavy atom. The fraction of sp³-hybridized carbons (Fsp3) is 1.00. The first-order valence-electron chi connectivity index (χ1n) is 7.32. The van der Waals surface area contributed by atoms with Gasteiger partial charge in [0.05, 0.1) is 6.10 Å². The molecule has 2 aliphatic rings. The quantitative estimate of drug-likeness (QED) is 0.793. The Bertz CT molecular complexity index is 403. The molecule has 0 aliphatic heterocycles. The molecule has 2 saturated carbocycles. The molecular formula is C14H20F6O2. The van der Waals surface area contributed by atoms with E-state index in [1.54, 1.807) is 0 Å². The molecule has 6 unspecified atom stereocenters. The summed E-state index contributed by atoms with van der Waals surface area (Å²) in [6.45, 7) is 4.62. The van der Waals surface area contributed by atoms with Crippen LogP contribution >= 0.6 is 0 Å². The number of hydrogen-bond acceptors (Lipinski definition) is 2. The highest BCUT2D eigenvalue weighted by Gasteiger charge is 2.74. The summed E-state index contributed by atoms with van der Waals surface area (Å²) in [5.41, 5.74) is -4.85. The van der Waals surface area contributed by atoms with Crippen molar-refractivity contribution in [3.8, 4) is 0 Å². The lowest BCUT2D eigenvalue weighted by Gasteiger charge is -2.40. The number of ether oxygens (including phenoxy) is 1. The van der Waals surface area contributed by atoms with Crippen LogP contribution in [-0.4, -0.2) is 35.3 Å². The van der Waals surface area contributed by atoms with Gasteiger partial charge in [-0.25, -0.2) is 0 Å². The molecule has 2 rings (SSSR count). The van der Waals surface area contributed by atoms with Gasteiger partial charge in [-0.15, -0.1) is 0 Å². The van der Waals surface area contributed by atoms with Crippen molar-refractivity contribution in [3.63, 3.8) is 0 Å². The summed E-state index contributed by atoms with van der Waals surface area (Å²) in [7, 11) is 0. The van der Waals surface area contributed by atoms with Crippen molar-refractivity contribution < 1.29 is 36.2 Å². The van der Waals surface area contributed by atoms with E-state index in [-0.39, 0.29) is 17.8 Å². The van der Waals surface area contributed by atoms with Crippen molar-refractivity contribution in [3.05, 3.63) is 0 Å². The lowest BCUT2D eigenvalue weighted by molar-refractivity contribution is -0.396. The van der Waals surface area contributed by atoms with Crippen LogP contribution in [0.25, 0.3) is 0 Å². The highest BCUT2D eigenvalue weighted by molar-refractivity contribution is 5.02. The maximum atomic E-state index is 12.8. The third-order valence-corrected chi connectivity index (χ3v) is 5.67. The number of aliphatic hydroxyl groups is 1. The molecule has 130 valence electrons. The lowest BCUT2D eigenvalue weighted by Crippen LogP contribution is -2.64. The van der Waals surface area contributed by atoms with Gasteiger partial charge in [0.2, 0.25) is 0 Å². The molecule has 0 radical (unpaired) electrons. The molecule has 0 aromatic heterocycles. The molecule has 2 fully saturated rings. The van der Waals surface area contributed by atoms with Crippen LogP contribution in [0.5, 0.6) is 0 Å². The summed E-state index contributed by atoms with van der Waals surface area (Å²) >= 11 is 0. The highest BCUT2D eigenvalue weighted by Crippen LogP contribution is 2.54. The van der Waals surface area contributed by atoms with Crippen LogP contribution in [0, 0.1) is 23.7 Å². The Morgan fingerprint density at radius 3 is 1.82 bits per heavy atom. The third kappa shape index (κ3) is 2.52. The van der Waals surface area contributed by atoms with Gasteiger partial charge in [0.15, 0.2) is 0 Å². The van der Waals surface area contributed by atoms with Gasteiger partial charge in [-0.1, -0.05) is 13.8 Å². The molecule has 0 aromatic carbocycles. The van der Waals surface area contributed by atoms with E-state index >= 15 is 0 Å². The average molecular weight is 334 g/mol. The fourth-order valence-electron chi connectivity index (χ4n) is 4.01. The molecule has 8 heteroatoms. The van der Waals surface area contributed by atoms with Gasteiger partial charge >= 0.3 is 12.4 Å². The van der Waals surface area contributed by atoms with Crippen molar-refractivity contribution in [1.29, 1.82) is 0 Å². The normalized spacial score (nSPS) is 37.6. The van der Waals surface area contributed by atoms with Crippen LogP contribution in [0.2, 0.25) is 0 Å². The average Bonchev–Trinajstić information content (AvgIpc) is 2.86. The monoisotopic (exact) mass is 334 g/mol. The van der Waals surface area contributed by atoms with Crippen LogP contribution in [0.15, 0.2) is 0 Å². The molecule has 6 atom stereocenters. The van der Waals surface area contributed by atoms with Crippen LogP contribution in [-0.2, 0) is 4.74 Å². The van der Waals surface area contributed by atoms with E-state index in [4.69, 9.17) is 4.74 Å². The van der Waals surface area contributed by atoms with Gasteiger partial charge in [-0.3, -0.25) is 0 Å². The Morgan fingerprint density at radius 1 is 0.955 bits per heavy atom. The van der Waals surface area contributed by atoms with Crippen LogP contribution in [0.1, 0.15) is 33.6 Å². The maximum absolute atomic E-state index is 12.8. The first kappa shape index (κ1) is 17.8. The second-order valence-corrected chi connectivity index (χ2v) is 6.69. The Kier molecular flexibility index (Phi) is 4.27. The van der Waals surface area contributed by atoms with Gasteiger partial charge in [0, 0.05) is 0 Å². The molecule has 2 aliphatic carbocycles. The topological polar surface area (TPSA) is 29.5 Å². The van der Waals surface area contributed by atoms with Crippen molar-refractivity contribution in [2.45, 2.75) is 63.8 Å². The van der Waals surface area contributed by atoms with E-state index in [0.29, 0.717) is 19.3 Å². The van der Waals surface area contributed by atoms with Crippen LogP contribution < -0.4 is 0 Å². The number of fused-ring (bicyclic) bond motifs is 2. The van der Waals surface area contributed by atoms with Crippen molar-refractivity contribution >= 4 is 0 Å². The summed E-state index contributed by atoms with van der Waals surface area (Å²) < 4.78 is 81.9. The predicted molar refractivity (Wildman–Crippen MR) is 65.9 cm³/mol. The maximum Gasteiger partial charge on any atom is 0.428 e. The van der Waals surface area contributed by atoms with Crippen LogP contribution in [0.4, 0.5) is 26.3 Å². The Balaban J connectivity index is 2.16. The summed E-state index contributed by atoms with van der Waals surface area (Å²) in [5.74, 6) is 0.806. The lowest BCUT2D eigenvalue weighted by atomic mass is 9.80. The van der Waals surface area contributed by atoms with Crippen molar-refractivity contribution in [2.75, 3.05) is 0 Å². The minimum Gasteiger partial charge on any atom is -0.372 e. The van der Waals surface area contributed by atoms with Gasteiger partial charge in [-0.05, 0) is 43.4 Å². The minimum absolute atomic E-state index is 0.0480. The summed E-state index contributed by atoms with van der Waals surface area (Å²) in [6.07, 6.45) is -13.5. The Hall–Kier alpha value is -0.500. The van der Waals surface area contributed by atoms with E-state index in [1.165, 1.54) is 0 Å². The largest absolute Gasteiger partial charge is 0.428 e. The van der Waals surface area contributed by atoms with E-state index < -0.39 is 30.2 Å². The third-order valence-electron chi connectivity index (χ3n) is 5.67. The van der Waals surface area contributed by atoms with E-state index in [1.807, 2.05) is 13.8 Å². The van der Waals surface area contributed by atoms with Gasteiger partial charge < -0.3 is 9.84 Å². The number of halogens is 6. The fourth-order valence-corrected chi connectivity index (χ4v) is 4.01. The first-order chi connectivity index (χ1) is 9.80. The van der Waals surface area contributed by atoms with Gasteiger partial charge in [0.25, 0.3) is 5.60 Å². The standard InChI is InChI=1S/C14H20F6O2/c1-6-7(2)10-4-9(6)5-11(10)22-8(3)12(21,13(15,16)17)14(18,19)20/h6-11,21H,4-5H2,1-3H3. The van der Waals surface area contributed by atoms with Gasteiger partial charge in [-0.2, -0.15) is 26.3 Å². The molecule has 1 N–H and O–H groups in total. The second-order valence-electron chi connectivity index (χ2n) is 6.69. The zero-order valence-electron chi connectivity index (χ0n) is 12.5. The van der Waals surface area contributed by atoms with Crippen molar-refractivity contribution in [1.82, 2.24) is 0 Å². The number of hydrogen-bond donors (Lipinski definition) is 1. The molecule has 2 nitrogen and oxygen atoms in total. The zero-order valence-corrected chi connectivity index (χ0v) is 12.5. The molecule has 0 aromatic rings. The molecule has 0 heterocycles. The SMILES string of the molecule is CC1C2CC(OC(C)C(O)(C(F)(F)F)C(F)(F)F)C(C2)C1C. The van der Waals surface area contributed by atoms with Gasteiger partial charge in [0.1, 0.15) is 6.10 Å². The number of rotatable bonds is 3. The smallest absolute Gasteiger partial charge is 0.372 e. The highest BCUT2D eigenvalue weighted by atomic mass is 19.4. The summed E-state index contributed by atoms with van der Waals surface area (Å²) in [6, 6.07) is 0. The Labute approximate surface area is 124 Å². The second kappa shape index (κ2) is 5.26. The molecule has 0 saturated heterocycles. The summed E-state index contributed by atoms with van der Waals surface area (Å²) in [4.78, 5) is 0. The van der Waals surface area contributed by atoms with Crippen LogP contribution in [0.3, 0.4) is 0 Å². The minimum atomic E-state index is -5.85. The zero-order chi connectivity index (χ0) is 17.1.